The Morgan fingerprint density at radius 2 is 2.00 bits per heavy atom. The Kier molecular flexibility index (Phi) is 5.72. The van der Waals surface area contributed by atoms with E-state index in [4.69, 9.17) is 9.72 Å². The molecule has 1 atom stereocenters. The molecule has 4 rings (SSSR count). The number of hydrogen-bond acceptors (Lipinski definition) is 5. The predicted octanol–water partition coefficient (Wildman–Crippen LogP) is 2.84. The first-order valence-electron chi connectivity index (χ1n) is 10.2. The van der Waals surface area contributed by atoms with Crippen LogP contribution in [0.3, 0.4) is 0 Å². The fourth-order valence-corrected chi connectivity index (χ4v) is 5.02. The van der Waals surface area contributed by atoms with E-state index < -0.39 is 10.0 Å². The van der Waals surface area contributed by atoms with E-state index in [-0.39, 0.29) is 22.5 Å². The number of ether oxygens (including phenoxy) is 1. The van der Waals surface area contributed by atoms with Crippen LogP contribution in [0.4, 0.5) is 0 Å². The molecule has 164 valence electrons. The highest BCUT2D eigenvalue weighted by atomic mass is 32.2. The van der Waals surface area contributed by atoms with E-state index in [0.717, 1.165) is 34.0 Å². The van der Waals surface area contributed by atoms with Crippen LogP contribution >= 0.6 is 0 Å². The molecule has 31 heavy (non-hydrogen) atoms. The molecule has 2 aromatic carbocycles. The summed E-state index contributed by atoms with van der Waals surface area (Å²) in [6.07, 6.45) is 1.79. The molecule has 0 radical (unpaired) electrons. The number of carbonyl (C=O) groups excluding carboxylic acids is 1. The van der Waals surface area contributed by atoms with Crippen molar-refractivity contribution in [3.05, 3.63) is 53.9 Å². The molecule has 1 aromatic heterocycles. The lowest BCUT2D eigenvalue weighted by molar-refractivity contribution is 0.0704. The highest BCUT2D eigenvalue weighted by Gasteiger charge is 2.29. The molecule has 1 aliphatic rings. The van der Waals surface area contributed by atoms with Crippen molar-refractivity contribution in [1.29, 1.82) is 0 Å². The number of H-pyrrole nitrogens is 1. The van der Waals surface area contributed by atoms with Crippen LogP contribution in [0.2, 0.25) is 0 Å². The number of aromatic nitrogens is 2. The first-order valence-corrected chi connectivity index (χ1v) is 11.6. The number of benzene rings is 2. The number of hydrogen-bond donors (Lipinski definition) is 1. The fourth-order valence-electron chi connectivity index (χ4n) is 3.94. The number of nitrogens with zero attached hydrogens (tertiary/aromatic N) is 3. The van der Waals surface area contributed by atoms with Crippen molar-refractivity contribution in [2.45, 2.75) is 23.7 Å². The Morgan fingerprint density at radius 3 is 2.71 bits per heavy atom. The van der Waals surface area contributed by atoms with Gasteiger partial charge in [0.15, 0.2) is 0 Å². The summed E-state index contributed by atoms with van der Waals surface area (Å²) < 4.78 is 31.7. The summed E-state index contributed by atoms with van der Waals surface area (Å²) in [6.45, 7) is 1.15. The average Bonchev–Trinajstić information content (AvgIpc) is 3.22. The van der Waals surface area contributed by atoms with Crippen LogP contribution in [0.5, 0.6) is 5.75 Å². The second-order valence-electron chi connectivity index (χ2n) is 7.88. The van der Waals surface area contributed by atoms with Crippen LogP contribution in [0, 0.1) is 0 Å². The zero-order chi connectivity index (χ0) is 22.2. The second kappa shape index (κ2) is 8.32. The number of para-hydroxylation sites is 2. The number of likely N-dealkylation sites (tertiary alicyclic amines) is 1. The lowest BCUT2D eigenvalue weighted by Crippen LogP contribution is -2.39. The van der Waals surface area contributed by atoms with Gasteiger partial charge in [-0.1, -0.05) is 12.1 Å². The number of sulfonamides is 1. The zero-order valence-corrected chi connectivity index (χ0v) is 18.6. The summed E-state index contributed by atoms with van der Waals surface area (Å²) >= 11 is 0. The minimum atomic E-state index is -3.75. The van der Waals surface area contributed by atoms with Gasteiger partial charge in [-0.2, -0.15) is 0 Å². The molecule has 8 nitrogen and oxygen atoms in total. The second-order valence-corrected chi connectivity index (χ2v) is 10.0. The van der Waals surface area contributed by atoms with Crippen molar-refractivity contribution < 1.29 is 17.9 Å². The normalized spacial score (nSPS) is 17.3. The van der Waals surface area contributed by atoms with E-state index in [1.807, 2.05) is 24.3 Å². The van der Waals surface area contributed by atoms with Crippen molar-refractivity contribution in [2.75, 3.05) is 34.3 Å². The van der Waals surface area contributed by atoms with Crippen molar-refractivity contribution >= 4 is 27.0 Å². The van der Waals surface area contributed by atoms with E-state index in [1.54, 1.807) is 11.0 Å². The molecule has 1 amide bonds. The van der Waals surface area contributed by atoms with E-state index in [1.165, 1.54) is 33.3 Å². The van der Waals surface area contributed by atoms with Crippen molar-refractivity contribution in [3.63, 3.8) is 0 Å². The van der Waals surface area contributed by atoms with Gasteiger partial charge in [-0.25, -0.2) is 17.7 Å². The number of methoxy groups -OCH3 is 1. The van der Waals surface area contributed by atoms with Gasteiger partial charge in [0.25, 0.3) is 5.91 Å². The molecule has 1 N–H and O–H groups in total. The Balaban J connectivity index is 1.60. The summed E-state index contributed by atoms with van der Waals surface area (Å²) in [6, 6.07) is 12.4. The van der Waals surface area contributed by atoms with Gasteiger partial charge in [0, 0.05) is 38.7 Å². The molecule has 9 heteroatoms. The molecule has 0 bridgehead atoms. The maximum atomic E-state index is 13.2. The number of nitrogens with one attached hydrogen (secondary N) is 1. The quantitative estimate of drug-likeness (QED) is 0.656. The van der Waals surface area contributed by atoms with Gasteiger partial charge < -0.3 is 14.6 Å². The van der Waals surface area contributed by atoms with E-state index >= 15 is 0 Å². The lowest BCUT2D eigenvalue weighted by atomic mass is 9.96. The van der Waals surface area contributed by atoms with Gasteiger partial charge >= 0.3 is 0 Å². The topological polar surface area (TPSA) is 95.6 Å². The third kappa shape index (κ3) is 4.03. The predicted molar refractivity (Wildman–Crippen MR) is 118 cm³/mol. The number of amides is 1. The van der Waals surface area contributed by atoms with Crippen molar-refractivity contribution in [1.82, 2.24) is 19.2 Å². The number of rotatable bonds is 5. The zero-order valence-electron chi connectivity index (χ0n) is 17.8. The Morgan fingerprint density at radius 1 is 1.23 bits per heavy atom. The number of fused-ring (bicyclic) bond motifs is 1. The molecule has 1 aliphatic heterocycles. The number of imidazole rings is 1. The molecule has 0 spiro atoms. The maximum Gasteiger partial charge on any atom is 0.253 e. The summed E-state index contributed by atoms with van der Waals surface area (Å²) in [7, 11) is 0.559. The monoisotopic (exact) mass is 442 g/mol. The van der Waals surface area contributed by atoms with E-state index in [0.29, 0.717) is 18.7 Å². The van der Waals surface area contributed by atoms with Gasteiger partial charge in [-0.05, 0) is 43.2 Å². The minimum absolute atomic E-state index is 0.0170. The van der Waals surface area contributed by atoms with Gasteiger partial charge in [0.2, 0.25) is 10.0 Å². The van der Waals surface area contributed by atoms with Crippen LogP contribution in [-0.4, -0.2) is 67.8 Å². The van der Waals surface area contributed by atoms with E-state index in [9.17, 15) is 13.2 Å². The SMILES string of the molecule is COc1ccc(C(=O)N2CCC[C@@H](c3nc4ccccc4[nH]3)C2)cc1S(=O)(=O)N(C)C. The maximum absolute atomic E-state index is 13.2. The van der Waals surface area contributed by atoms with Crippen LogP contribution in [-0.2, 0) is 10.0 Å². The van der Waals surface area contributed by atoms with Gasteiger partial charge in [-0.15, -0.1) is 0 Å². The molecule has 0 unspecified atom stereocenters. The molecule has 0 aliphatic carbocycles. The van der Waals surface area contributed by atoms with Crippen LogP contribution < -0.4 is 4.74 Å². The molecule has 1 saturated heterocycles. The van der Waals surface area contributed by atoms with Crippen molar-refractivity contribution in [3.8, 4) is 5.75 Å². The molecule has 2 heterocycles. The minimum Gasteiger partial charge on any atom is -0.495 e. The van der Waals surface area contributed by atoms with Crippen LogP contribution in [0.15, 0.2) is 47.4 Å². The highest BCUT2D eigenvalue weighted by Crippen LogP contribution is 2.30. The summed E-state index contributed by atoms with van der Waals surface area (Å²) in [4.78, 5) is 23.1. The third-order valence-electron chi connectivity index (χ3n) is 5.67. The van der Waals surface area contributed by atoms with Gasteiger partial charge in [-0.3, -0.25) is 4.79 Å². The lowest BCUT2D eigenvalue weighted by Gasteiger charge is -2.32. The van der Waals surface area contributed by atoms with Crippen LogP contribution in [0.25, 0.3) is 11.0 Å². The smallest absolute Gasteiger partial charge is 0.253 e. The van der Waals surface area contributed by atoms with E-state index in [2.05, 4.69) is 4.98 Å². The molecular formula is C22H26N4O4S. The number of carbonyl (C=O) groups is 1. The highest BCUT2D eigenvalue weighted by molar-refractivity contribution is 7.89. The summed E-state index contributed by atoms with van der Waals surface area (Å²) in [5.41, 5.74) is 2.22. The largest absolute Gasteiger partial charge is 0.495 e. The first-order chi connectivity index (χ1) is 14.8. The fraction of sp³-hybridized carbons (Fsp3) is 0.364. The molecular weight excluding hydrogens is 416 g/mol. The molecule has 3 aromatic rings. The number of aromatic amines is 1. The van der Waals surface area contributed by atoms with Crippen molar-refractivity contribution in [2.24, 2.45) is 0 Å². The van der Waals surface area contributed by atoms with Crippen LogP contribution in [0.1, 0.15) is 34.9 Å². The number of piperidine rings is 1. The van der Waals surface area contributed by atoms with Gasteiger partial charge in [0.1, 0.15) is 16.5 Å². The first kappa shape index (κ1) is 21.3. The summed E-state index contributed by atoms with van der Waals surface area (Å²) in [5.74, 6) is 1.00. The Labute approximate surface area is 181 Å². The standard InChI is InChI=1S/C22H26N4O4S/c1-25(2)31(28,29)20-13-15(10-11-19(20)30-3)22(27)26-12-6-7-16(14-26)21-23-17-8-4-5-9-18(17)24-21/h4-5,8-11,13,16H,6-7,12,14H2,1-3H3,(H,23,24)/t16-/m1/s1. The molecule has 1 fully saturated rings. The Hall–Kier alpha value is -2.91. The molecule has 0 saturated carbocycles. The summed E-state index contributed by atoms with van der Waals surface area (Å²) in [5, 5.41) is 0. The Bertz CT molecular complexity index is 1190. The third-order valence-corrected chi connectivity index (χ3v) is 7.51. The average molecular weight is 443 g/mol. The van der Waals surface area contributed by atoms with Gasteiger partial charge in [0.05, 0.1) is 18.1 Å².